The minimum absolute atomic E-state index is 0.0234. The van der Waals surface area contributed by atoms with Crippen LogP contribution in [0.4, 0.5) is 13.2 Å². The van der Waals surface area contributed by atoms with Crippen molar-refractivity contribution in [3.8, 4) is 5.88 Å². The third kappa shape index (κ3) is 3.97. The highest BCUT2D eigenvalue weighted by Gasteiger charge is 2.31. The van der Waals surface area contributed by atoms with Crippen molar-refractivity contribution in [1.82, 2.24) is 9.97 Å². The number of rotatable bonds is 4. The van der Waals surface area contributed by atoms with Crippen molar-refractivity contribution < 1.29 is 17.9 Å². The Kier molecular flexibility index (Phi) is 5.41. The van der Waals surface area contributed by atoms with Crippen LogP contribution in [-0.2, 0) is 12.8 Å². The van der Waals surface area contributed by atoms with Gasteiger partial charge in [-0.1, -0.05) is 23.2 Å². The number of pyridine rings is 2. The highest BCUT2D eigenvalue weighted by atomic mass is 35.5. The molecule has 118 valence electrons. The van der Waals surface area contributed by atoms with E-state index in [0.717, 1.165) is 11.0 Å². The Hall–Kier alpha value is -1.18. The van der Waals surface area contributed by atoms with Crippen molar-refractivity contribution in [3.05, 3.63) is 45.8 Å². The van der Waals surface area contributed by atoms with Crippen LogP contribution in [-0.4, -0.2) is 16.2 Å². The summed E-state index contributed by atoms with van der Waals surface area (Å²) in [4.78, 5) is 8.36. The predicted octanol–water partition coefficient (Wildman–Crippen LogP) is 5.10. The predicted molar refractivity (Wildman–Crippen MR) is 79.6 cm³/mol. The van der Waals surface area contributed by atoms with E-state index in [0.29, 0.717) is 16.8 Å². The molecule has 2 rings (SSSR count). The fourth-order valence-electron chi connectivity index (χ4n) is 1.59. The van der Waals surface area contributed by atoms with Gasteiger partial charge in [-0.25, -0.2) is 4.98 Å². The summed E-state index contributed by atoms with van der Waals surface area (Å²) in [6, 6.07) is 0.771. The number of alkyl halides is 3. The zero-order valence-corrected chi connectivity index (χ0v) is 13.4. The molecule has 2 aromatic rings. The SMILES string of the molecule is CSc1cncc(Cl)c1COc1ncc(C(F)(F)F)cc1Cl. The first-order valence-electron chi connectivity index (χ1n) is 5.85. The highest BCUT2D eigenvalue weighted by molar-refractivity contribution is 7.98. The van der Waals surface area contributed by atoms with Gasteiger partial charge in [0, 0.05) is 29.0 Å². The Balaban J connectivity index is 2.19. The molecule has 2 heterocycles. The third-order valence-corrected chi connectivity index (χ3v) is 4.06. The topological polar surface area (TPSA) is 35.0 Å². The fraction of sp³-hybridized carbons (Fsp3) is 0.231. The van der Waals surface area contributed by atoms with E-state index < -0.39 is 11.7 Å². The van der Waals surface area contributed by atoms with Crippen molar-refractivity contribution in [2.45, 2.75) is 17.7 Å². The van der Waals surface area contributed by atoms with Crippen molar-refractivity contribution in [3.63, 3.8) is 0 Å². The molecule has 0 unspecified atom stereocenters. The van der Waals surface area contributed by atoms with E-state index in [1.165, 1.54) is 18.0 Å². The van der Waals surface area contributed by atoms with E-state index in [4.69, 9.17) is 27.9 Å². The maximum absolute atomic E-state index is 12.5. The molecule has 0 aromatic carbocycles. The number of thioether (sulfide) groups is 1. The molecule has 3 nitrogen and oxygen atoms in total. The molecule has 0 aliphatic heterocycles. The fourth-order valence-corrected chi connectivity index (χ4v) is 2.66. The number of halogens is 5. The lowest BCUT2D eigenvalue weighted by molar-refractivity contribution is -0.137. The summed E-state index contributed by atoms with van der Waals surface area (Å²) in [6.45, 7) is 0.0234. The molecule has 0 N–H and O–H groups in total. The van der Waals surface area contributed by atoms with Crippen LogP contribution in [0.25, 0.3) is 0 Å². The second-order valence-corrected chi connectivity index (χ2v) is 5.76. The largest absolute Gasteiger partial charge is 0.472 e. The average molecular weight is 369 g/mol. The molecule has 9 heteroatoms. The van der Waals surface area contributed by atoms with Crippen LogP contribution in [0.2, 0.25) is 10.0 Å². The molecule has 0 aliphatic rings. The van der Waals surface area contributed by atoms with Gasteiger partial charge in [0.15, 0.2) is 0 Å². The van der Waals surface area contributed by atoms with Gasteiger partial charge in [-0.15, -0.1) is 11.8 Å². The summed E-state index contributed by atoms with van der Waals surface area (Å²) < 4.78 is 43.0. The van der Waals surface area contributed by atoms with Gasteiger partial charge < -0.3 is 4.74 Å². The van der Waals surface area contributed by atoms with E-state index in [-0.39, 0.29) is 17.5 Å². The number of hydrogen-bond donors (Lipinski definition) is 0. The zero-order valence-electron chi connectivity index (χ0n) is 11.1. The summed E-state index contributed by atoms with van der Waals surface area (Å²) in [5.41, 5.74) is -0.265. The van der Waals surface area contributed by atoms with E-state index in [2.05, 4.69) is 9.97 Å². The lowest BCUT2D eigenvalue weighted by Crippen LogP contribution is -2.07. The van der Waals surface area contributed by atoms with Gasteiger partial charge in [-0.05, 0) is 12.3 Å². The Bertz CT molecular complexity index is 683. The van der Waals surface area contributed by atoms with E-state index in [1.54, 1.807) is 6.20 Å². The molecule has 0 radical (unpaired) electrons. The number of hydrogen-bond acceptors (Lipinski definition) is 4. The van der Waals surface area contributed by atoms with Crippen LogP contribution < -0.4 is 4.74 Å². The lowest BCUT2D eigenvalue weighted by Gasteiger charge is -2.12. The number of nitrogens with zero attached hydrogens (tertiary/aromatic N) is 2. The molecule has 0 saturated heterocycles. The van der Waals surface area contributed by atoms with Crippen LogP contribution in [0.3, 0.4) is 0 Å². The van der Waals surface area contributed by atoms with E-state index in [9.17, 15) is 13.2 Å². The second kappa shape index (κ2) is 6.93. The van der Waals surface area contributed by atoms with Crippen LogP contribution in [0.5, 0.6) is 5.88 Å². The molecule has 0 amide bonds. The summed E-state index contributed by atoms with van der Waals surface area (Å²) in [5.74, 6) is -0.0883. The summed E-state index contributed by atoms with van der Waals surface area (Å²) in [7, 11) is 0. The third-order valence-electron chi connectivity index (χ3n) is 2.67. The van der Waals surface area contributed by atoms with Crippen LogP contribution in [0.1, 0.15) is 11.1 Å². The molecular formula is C13H9Cl2F3N2OS. The standard InChI is InChI=1S/C13H9Cl2F3N2OS/c1-22-11-5-19-4-10(15)8(11)6-21-12-9(14)2-7(3-20-12)13(16,17)18/h2-5H,6H2,1H3. The van der Waals surface area contributed by atoms with Gasteiger partial charge in [0.1, 0.15) is 11.6 Å². The Labute approximate surface area is 138 Å². The molecule has 0 aliphatic carbocycles. The summed E-state index contributed by atoms with van der Waals surface area (Å²) in [6.07, 6.45) is 1.10. The van der Waals surface area contributed by atoms with Gasteiger partial charge in [-0.3, -0.25) is 4.98 Å². The van der Waals surface area contributed by atoms with Crippen LogP contribution >= 0.6 is 35.0 Å². The Morgan fingerprint density at radius 2 is 1.91 bits per heavy atom. The molecule has 0 saturated carbocycles. The van der Waals surface area contributed by atoms with Gasteiger partial charge in [0.2, 0.25) is 5.88 Å². The van der Waals surface area contributed by atoms with E-state index in [1.807, 2.05) is 6.26 Å². The quantitative estimate of drug-likeness (QED) is 0.703. The lowest BCUT2D eigenvalue weighted by atomic mass is 10.3. The summed E-state index contributed by atoms with van der Waals surface area (Å²) in [5, 5.41) is 0.181. The van der Waals surface area contributed by atoms with E-state index >= 15 is 0 Å². The minimum atomic E-state index is -4.50. The molecular weight excluding hydrogens is 360 g/mol. The number of aromatic nitrogens is 2. The van der Waals surface area contributed by atoms with Gasteiger partial charge in [0.05, 0.1) is 10.6 Å². The highest BCUT2D eigenvalue weighted by Crippen LogP contribution is 2.34. The summed E-state index contributed by atoms with van der Waals surface area (Å²) >= 11 is 13.2. The second-order valence-electron chi connectivity index (χ2n) is 4.10. The van der Waals surface area contributed by atoms with Gasteiger partial charge in [0.25, 0.3) is 0 Å². The molecule has 0 atom stereocenters. The maximum Gasteiger partial charge on any atom is 0.417 e. The van der Waals surface area contributed by atoms with Gasteiger partial charge >= 0.3 is 6.18 Å². The number of ether oxygens (including phenoxy) is 1. The Morgan fingerprint density at radius 1 is 1.18 bits per heavy atom. The van der Waals surface area contributed by atoms with Crippen LogP contribution in [0, 0.1) is 0 Å². The van der Waals surface area contributed by atoms with Crippen molar-refractivity contribution in [2.75, 3.05) is 6.26 Å². The maximum atomic E-state index is 12.5. The normalized spacial score (nSPS) is 11.5. The molecule has 0 bridgehead atoms. The first-order chi connectivity index (χ1) is 10.3. The van der Waals surface area contributed by atoms with Crippen molar-refractivity contribution in [1.29, 1.82) is 0 Å². The molecule has 2 aromatic heterocycles. The van der Waals surface area contributed by atoms with Crippen molar-refractivity contribution >= 4 is 35.0 Å². The Morgan fingerprint density at radius 3 is 2.50 bits per heavy atom. The first kappa shape index (κ1) is 17.2. The smallest absolute Gasteiger partial charge is 0.417 e. The van der Waals surface area contributed by atoms with Crippen molar-refractivity contribution in [2.24, 2.45) is 0 Å². The average Bonchev–Trinajstić information content (AvgIpc) is 2.45. The zero-order chi connectivity index (χ0) is 16.3. The molecule has 22 heavy (non-hydrogen) atoms. The molecule has 0 fully saturated rings. The monoisotopic (exact) mass is 368 g/mol. The van der Waals surface area contributed by atoms with Gasteiger partial charge in [-0.2, -0.15) is 13.2 Å². The van der Waals surface area contributed by atoms with Crippen LogP contribution in [0.15, 0.2) is 29.6 Å². The minimum Gasteiger partial charge on any atom is -0.472 e. The molecule has 0 spiro atoms. The first-order valence-corrected chi connectivity index (χ1v) is 7.83.